The van der Waals surface area contributed by atoms with E-state index in [4.69, 9.17) is 10.9 Å². The van der Waals surface area contributed by atoms with Crippen LogP contribution in [0.3, 0.4) is 0 Å². The standard InChI is InChI=1S/C13H19N3OS/c1-9-7-11(3-4-12(9)13(14)15-17)16-5-6-18-10(2)8-16/h3-4,7,10,17H,5-6,8H2,1-2H3,(H2,14,15). The lowest BCUT2D eigenvalue weighted by Gasteiger charge is -2.32. The van der Waals surface area contributed by atoms with Gasteiger partial charge in [0.05, 0.1) is 0 Å². The van der Waals surface area contributed by atoms with Gasteiger partial charge in [-0.15, -0.1) is 0 Å². The molecule has 18 heavy (non-hydrogen) atoms. The Hall–Kier alpha value is -1.36. The lowest BCUT2D eigenvalue weighted by atomic mass is 10.1. The molecule has 3 N–H and O–H groups in total. The van der Waals surface area contributed by atoms with Crippen molar-refractivity contribution in [1.29, 1.82) is 0 Å². The predicted molar refractivity (Wildman–Crippen MR) is 77.8 cm³/mol. The van der Waals surface area contributed by atoms with Gasteiger partial charge in [0.2, 0.25) is 0 Å². The number of anilines is 1. The molecule has 4 nitrogen and oxygen atoms in total. The van der Waals surface area contributed by atoms with Gasteiger partial charge in [-0.3, -0.25) is 0 Å². The number of hydrogen-bond acceptors (Lipinski definition) is 4. The van der Waals surface area contributed by atoms with Crippen LogP contribution in [0.4, 0.5) is 5.69 Å². The van der Waals surface area contributed by atoms with Crippen molar-refractivity contribution in [1.82, 2.24) is 0 Å². The maximum Gasteiger partial charge on any atom is 0.170 e. The van der Waals surface area contributed by atoms with Gasteiger partial charge in [-0.1, -0.05) is 12.1 Å². The smallest absolute Gasteiger partial charge is 0.170 e. The number of nitrogens with two attached hydrogens (primary N) is 1. The largest absolute Gasteiger partial charge is 0.409 e. The van der Waals surface area contributed by atoms with E-state index < -0.39 is 0 Å². The minimum atomic E-state index is 0.168. The van der Waals surface area contributed by atoms with Crippen molar-refractivity contribution in [2.24, 2.45) is 10.9 Å². The molecule has 0 aromatic heterocycles. The van der Waals surface area contributed by atoms with Gasteiger partial charge < -0.3 is 15.8 Å². The third-order valence-electron chi connectivity index (χ3n) is 3.20. The number of benzene rings is 1. The first-order chi connectivity index (χ1) is 8.61. The molecule has 1 aliphatic rings. The van der Waals surface area contributed by atoms with Gasteiger partial charge in [-0.2, -0.15) is 11.8 Å². The highest BCUT2D eigenvalue weighted by Gasteiger charge is 2.17. The van der Waals surface area contributed by atoms with Gasteiger partial charge >= 0.3 is 0 Å². The molecule has 1 heterocycles. The molecule has 1 aliphatic heterocycles. The minimum Gasteiger partial charge on any atom is -0.409 e. The zero-order valence-electron chi connectivity index (χ0n) is 10.8. The highest BCUT2D eigenvalue weighted by Crippen LogP contribution is 2.25. The third kappa shape index (κ3) is 2.72. The van der Waals surface area contributed by atoms with Gasteiger partial charge in [0.25, 0.3) is 0 Å². The molecule has 1 aromatic carbocycles. The van der Waals surface area contributed by atoms with Gasteiger partial charge in [0, 0.05) is 35.3 Å². The first kappa shape index (κ1) is 13.1. The summed E-state index contributed by atoms with van der Waals surface area (Å²) >= 11 is 2.02. The SMILES string of the molecule is Cc1cc(N2CCSC(C)C2)ccc1/C(N)=N/O. The molecule has 5 heteroatoms. The molecule has 0 spiro atoms. The molecule has 1 fully saturated rings. The Balaban J connectivity index is 2.23. The number of hydrogen-bond donors (Lipinski definition) is 2. The van der Waals surface area contributed by atoms with E-state index in [9.17, 15) is 0 Å². The molecular formula is C13H19N3OS. The Morgan fingerprint density at radius 2 is 2.33 bits per heavy atom. The summed E-state index contributed by atoms with van der Waals surface area (Å²) < 4.78 is 0. The number of nitrogens with zero attached hydrogens (tertiary/aromatic N) is 2. The Bertz CT molecular complexity index is 462. The van der Waals surface area contributed by atoms with Crippen LogP contribution in [-0.4, -0.2) is 35.1 Å². The van der Waals surface area contributed by atoms with Crippen molar-refractivity contribution < 1.29 is 5.21 Å². The molecule has 1 atom stereocenters. The molecule has 1 unspecified atom stereocenters. The maximum absolute atomic E-state index is 8.72. The average molecular weight is 265 g/mol. The Morgan fingerprint density at radius 3 is 2.94 bits per heavy atom. The van der Waals surface area contributed by atoms with Crippen LogP contribution in [0.2, 0.25) is 0 Å². The molecule has 0 aliphatic carbocycles. The number of thioether (sulfide) groups is 1. The highest BCUT2D eigenvalue weighted by molar-refractivity contribution is 8.00. The lowest BCUT2D eigenvalue weighted by molar-refractivity contribution is 0.318. The molecular weight excluding hydrogens is 246 g/mol. The molecule has 2 rings (SSSR count). The number of amidine groups is 1. The zero-order chi connectivity index (χ0) is 13.1. The molecule has 0 saturated carbocycles. The van der Waals surface area contributed by atoms with Crippen LogP contribution >= 0.6 is 11.8 Å². The van der Waals surface area contributed by atoms with E-state index in [1.54, 1.807) is 0 Å². The molecule has 98 valence electrons. The fourth-order valence-electron chi connectivity index (χ4n) is 2.24. The first-order valence-corrected chi connectivity index (χ1v) is 7.12. The van der Waals surface area contributed by atoms with Crippen LogP contribution in [0, 0.1) is 6.92 Å². The van der Waals surface area contributed by atoms with E-state index in [1.165, 1.54) is 11.4 Å². The molecule has 1 aromatic rings. The first-order valence-electron chi connectivity index (χ1n) is 6.07. The van der Waals surface area contributed by atoms with Crippen molar-refractivity contribution in [3.05, 3.63) is 29.3 Å². The normalized spacial score (nSPS) is 21.1. The molecule has 0 amide bonds. The summed E-state index contributed by atoms with van der Waals surface area (Å²) in [7, 11) is 0. The topological polar surface area (TPSA) is 61.8 Å². The van der Waals surface area contributed by atoms with E-state index in [0.29, 0.717) is 5.25 Å². The number of rotatable bonds is 2. The van der Waals surface area contributed by atoms with Crippen LogP contribution < -0.4 is 10.6 Å². The summed E-state index contributed by atoms with van der Waals surface area (Å²) in [6.45, 7) is 6.40. The van der Waals surface area contributed by atoms with Gasteiger partial charge in [-0.25, -0.2) is 0 Å². The molecule has 1 saturated heterocycles. The second-order valence-electron chi connectivity index (χ2n) is 4.61. The summed E-state index contributed by atoms with van der Waals surface area (Å²) in [5, 5.41) is 12.4. The van der Waals surface area contributed by atoms with Crippen molar-refractivity contribution in [3.8, 4) is 0 Å². The summed E-state index contributed by atoms with van der Waals surface area (Å²) in [5.74, 6) is 1.34. The fraction of sp³-hybridized carbons (Fsp3) is 0.462. The second-order valence-corrected chi connectivity index (χ2v) is 6.16. The van der Waals surface area contributed by atoms with Crippen LogP contribution in [0.5, 0.6) is 0 Å². The Labute approximate surface area is 112 Å². The van der Waals surface area contributed by atoms with Crippen LogP contribution in [0.1, 0.15) is 18.1 Å². The van der Waals surface area contributed by atoms with Gasteiger partial charge in [0.15, 0.2) is 5.84 Å². The van der Waals surface area contributed by atoms with E-state index >= 15 is 0 Å². The monoisotopic (exact) mass is 265 g/mol. The summed E-state index contributed by atoms with van der Waals surface area (Å²) in [5.41, 5.74) is 8.67. The van der Waals surface area contributed by atoms with Crippen LogP contribution in [0.25, 0.3) is 0 Å². The van der Waals surface area contributed by atoms with Gasteiger partial charge in [-0.05, 0) is 30.7 Å². The lowest BCUT2D eigenvalue weighted by Crippen LogP contribution is -2.36. The number of aryl methyl sites for hydroxylation is 1. The Kier molecular flexibility index (Phi) is 4.01. The van der Waals surface area contributed by atoms with Crippen LogP contribution in [0.15, 0.2) is 23.4 Å². The minimum absolute atomic E-state index is 0.168. The van der Waals surface area contributed by atoms with E-state index in [0.717, 1.165) is 24.2 Å². The fourth-order valence-corrected chi connectivity index (χ4v) is 3.25. The summed E-state index contributed by atoms with van der Waals surface area (Å²) in [6.07, 6.45) is 0. The van der Waals surface area contributed by atoms with Crippen molar-refractivity contribution in [2.45, 2.75) is 19.1 Å². The maximum atomic E-state index is 8.72. The van der Waals surface area contributed by atoms with E-state index in [-0.39, 0.29) is 5.84 Å². The van der Waals surface area contributed by atoms with Crippen molar-refractivity contribution in [3.63, 3.8) is 0 Å². The quantitative estimate of drug-likeness (QED) is 0.372. The molecule has 0 radical (unpaired) electrons. The van der Waals surface area contributed by atoms with E-state index in [1.807, 2.05) is 30.8 Å². The van der Waals surface area contributed by atoms with Crippen LogP contribution in [-0.2, 0) is 0 Å². The van der Waals surface area contributed by atoms with Crippen molar-refractivity contribution in [2.75, 3.05) is 23.7 Å². The Morgan fingerprint density at radius 1 is 1.56 bits per heavy atom. The van der Waals surface area contributed by atoms with Crippen molar-refractivity contribution >= 4 is 23.3 Å². The summed E-state index contributed by atoms with van der Waals surface area (Å²) in [6, 6.07) is 6.07. The van der Waals surface area contributed by atoms with Gasteiger partial charge in [0.1, 0.15) is 0 Å². The second kappa shape index (κ2) is 5.52. The summed E-state index contributed by atoms with van der Waals surface area (Å²) in [4.78, 5) is 2.39. The van der Waals surface area contributed by atoms with E-state index in [2.05, 4.69) is 23.0 Å². The molecule has 0 bridgehead atoms. The third-order valence-corrected chi connectivity index (χ3v) is 4.34. The predicted octanol–water partition coefficient (Wildman–Crippen LogP) is 2.03. The number of oxime groups is 1. The zero-order valence-corrected chi connectivity index (χ0v) is 11.6. The highest BCUT2D eigenvalue weighted by atomic mass is 32.2. The average Bonchev–Trinajstić information content (AvgIpc) is 2.37.